The lowest BCUT2D eigenvalue weighted by Gasteiger charge is -2.26. The van der Waals surface area contributed by atoms with Gasteiger partial charge in [-0.05, 0) is 37.8 Å². The number of nitrogens with one attached hydrogen (secondary N) is 1. The third-order valence-electron chi connectivity index (χ3n) is 4.50. The minimum atomic E-state index is -0.830. The summed E-state index contributed by atoms with van der Waals surface area (Å²) in [4.78, 5) is 24.7. The van der Waals surface area contributed by atoms with Crippen LogP contribution in [0.1, 0.15) is 52.9 Å². The second kappa shape index (κ2) is 6.32. The second-order valence-corrected chi connectivity index (χ2v) is 5.79. The summed E-state index contributed by atoms with van der Waals surface area (Å²) in [6, 6.07) is 0.886. The number of benzene rings is 1. The minimum absolute atomic E-state index is 0.0958. The molecule has 1 aliphatic carbocycles. The molecule has 1 heterocycles. The van der Waals surface area contributed by atoms with Crippen LogP contribution in [-0.4, -0.2) is 22.7 Å². The molecule has 1 unspecified atom stereocenters. The first-order valence-corrected chi connectivity index (χ1v) is 7.86. The number of H-pyrrole nitrogens is 1. The highest BCUT2D eigenvalue weighted by Gasteiger charge is 2.31. The molecule has 24 heavy (non-hydrogen) atoms. The van der Waals surface area contributed by atoms with Gasteiger partial charge in [0.05, 0.1) is 11.7 Å². The summed E-state index contributed by atoms with van der Waals surface area (Å²) >= 11 is 0. The van der Waals surface area contributed by atoms with Gasteiger partial charge in [0.15, 0.2) is 0 Å². The van der Waals surface area contributed by atoms with E-state index in [0.29, 0.717) is 25.8 Å². The van der Waals surface area contributed by atoms with Crippen molar-refractivity contribution in [3.05, 3.63) is 56.5 Å². The maximum atomic E-state index is 14.9. The number of methoxy groups -OCH3 is 1. The van der Waals surface area contributed by atoms with E-state index in [1.165, 1.54) is 18.0 Å². The zero-order valence-corrected chi connectivity index (χ0v) is 13.5. The van der Waals surface area contributed by atoms with E-state index >= 15 is 0 Å². The number of carbonyl (C=O) groups excluding carboxylic acids is 1. The fourth-order valence-corrected chi connectivity index (χ4v) is 3.23. The molecular formula is C17H18F2N2O3. The van der Waals surface area contributed by atoms with Crippen LogP contribution in [0.2, 0.25) is 0 Å². The molecule has 1 N–H and O–H groups in total. The van der Waals surface area contributed by atoms with E-state index in [9.17, 15) is 18.4 Å². The highest BCUT2D eigenvalue weighted by Crippen LogP contribution is 2.37. The molecule has 0 saturated heterocycles. The number of aromatic amines is 1. The Bertz CT molecular complexity index is 854. The third-order valence-corrected chi connectivity index (χ3v) is 4.50. The van der Waals surface area contributed by atoms with E-state index in [1.807, 2.05) is 0 Å². The summed E-state index contributed by atoms with van der Waals surface area (Å²) < 4.78 is 35.8. The van der Waals surface area contributed by atoms with E-state index in [0.717, 1.165) is 6.07 Å². The van der Waals surface area contributed by atoms with Gasteiger partial charge in [0.25, 0.3) is 5.56 Å². The van der Waals surface area contributed by atoms with Gasteiger partial charge in [-0.15, -0.1) is 0 Å². The van der Waals surface area contributed by atoms with Crippen molar-refractivity contribution in [1.82, 2.24) is 9.78 Å². The van der Waals surface area contributed by atoms with Gasteiger partial charge in [-0.3, -0.25) is 14.3 Å². The van der Waals surface area contributed by atoms with Crippen molar-refractivity contribution in [2.75, 3.05) is 7.11 Å². The van der Waals surface area contributed by atoms with Gasteiger partial charge in [-0.25, -0.2) is 8.78 Å². The van der Waals surface area contributed by atoms with Crippen LogP contribution in [0.5, 0.6) is 0 Å². The zero-order valence-electron chi connectivity index (χ0n) is 13.5. The standard InChI is InChI=1S/C17H18F2N2O3/c1-3-21-17(23)11(8-20-21)16(22)10-7-12(18)9-5-4-6-13(24-2)14(9)15(10)19/h7-8,13,20H,3-6H2,1-2H3. The van der Waals surface area contributed by atoms with Crippen LogP contribution in [0.3, 0.4) is 0 Å². The van der Waals surface area contributed by atoms with Gasteiger partial charge in [0, 0.05) is 25.4 Å². The van der Waals surface area contributed by atoms with Gasteiger partial charge >= 0.3 is 0 Å². The number of aryl methyl sites for hydroxylation is 1. The summed E-state index contributed by atoms with van der Waals surface area (Å²) in [5.41, 5.74) is -0.849. The van der Waals surface area contributed by atoms with Crippen LogP contribution in [0.4, 0.5) is 8.78 Å². The molecule has 5 nitrogen and oxygen atoms in total. The highest BCUT2D eigenvalue weighted by molar-refractivity contribution is 6.09. The Hall–Kier alpha value is -2.28. The molecule has 1 aliphatic rings. The lowest BCUT2D eigenvalue weighted by molar-refractivity contribution is 0.0835. The van der Waals surface area contributed by atoms with Gasteiger partial charge in [-0.2, -0.15) is 0 Å². The van der Waals surface area contributed by atoms with Crippen LogP contribution < -0.4 is 5.56 Å². The van der Waals surface area contributed by atoms with E-state index in [-0.39, 0.29) is 16.7 Å². The van der Waals surface area contributed by atoms with Gasteiger partial charge in [-0.1, -0.05) is 0 Å². The first-order valence-electron chi connectivity index (χ1n) is 7.86. The molecule has 0 aliphatic heterocycles. The van der Waals surface area contributed by atoms with E-state index in [1.54, 1.807) is 6.92 Å². The van der Waals surface area contributed by atoms with Crippen molar-refractivity contribution in [2.24, 2.45) is 0 Å². The summed E-state index contributed by atoms with van der Waals surface area (Å²) in [7, 11) is 1.43. The maximum Gasteiger partial charge on any atom is 0.277 e. The van der Waals surface area contributed by atoms with E-state index < -0.39 is 34.6 Å². The predicted octanol–water partition coefficient (Wildman–Crippen LogP) is 2.73. The van der Waals surface area contributed by atoms with Gasteiger partial charge < -0.3 is 9.84 Å². The quantitative estimate of drug-likeness (QED) is 0.873. The fraction of sp³-hybridized carbons (Fsp3) is 0.412. The molecule has 7 heteroatoms. The molecule has 0 fully saturated rings. The number of hydrogen-bond acceptors (Lipinski definition) is 3. The second-order valence-electron chi connectivity index (χ2n) is 5.79. The average molecular weight is 336 g/mol. The number of rotatable bonds is 4. The lowest BCUT2D eigenvalue weighted by Crippen LogP contribution is -2.23. The van der Waals surface area contributed by atoms with Crippen molar-refractivity contribution in [3.8, 4) is 0 Å². The molecule has 128 valence electrons. The molecule has 0 radical (unpaired) electrons. The molecule has 1 aromatic heterocycles. The number of fused-ring (bicyclic) bond motifs is 1. The van der Waals surface area contributed by atoms with Crippen LogP contribution in [0, 0.1) is 11.6 Å². The normalized spacial score (nSPS) is 16.9. The summed E-state index contributed by atoms with van der Waals surface area (Å²) in [6.45, 7) is 2.08. The lowest BCUT2D eigenvalue weighted by atomic mass is 9.86. The Morgan fingerprint density at radius 2 is 2.17 bits per heavy atom. The molecule has 1 aromatic carbocycles. The number of halogens is 2. The van der Waals surface area contributed by atoms with Gasteiger partial charge in [0.1, 0.15) is 17.2 Å². The largest absolute Gasteiger partial charge is 0.377 e. The number of aromatic nitrogens is 2. The molecular weight excluding hydrogens is 318 g/mol. The van der Waals surface area contributed by atoms with Crippen molar-refractivity contribution in [3.63, 3.8) is 0 Å². The molecule has 1 atom stereocenters. The Labute approximate surface area is 137 Å². The molecule has 0 bridgehead atoms. The zero-order chi connectivity index (χ0) is 17.4. The molecule has 0 spiro atoms. The number of ketones is 1. The summed E-state index contributed by atoms with van der Waals surface area (Å²) in [6.07, 6.45) is 2.28. The Kier molecular flexibility index (Phi) is 4.36. The Morgan fingerprint density at radius 3 is 2.79 bits per heavy atom. The fourth-order valence-electron chi connectivity index (χ4n) is 3.23. The molecule has 2 aromatic rings. The highest BCUT2D eigenvalue weighted by atomic mass is 19.1. The number of nitrogens with zero attached hydrogens (tertiary/aromatic N) is 1. The summed E-state index contributed by atoms with van der Waals surface area (Å²) in [5, 5.41) is 2.63. The molecule has 0 amide bonds. The minimum Gasteiger partial charge on any atom is -0.377 e. The van der Waals surface area contributed by atoms with Crippen LogP contribution in [-0.2, 0) is 17.7 Å². The Morgan fingerprint density at radius 1 is 1.42 bits per heavy atom. The topological polar surface area (TPSA) is 64.1 Å². The van der Waals surface area contributed by atoms with Crippen molar-refractivity contribution in [1.29, 1.82) is 0 Å². The molecule has 0 saturated carbocycles. The van der Waals surface area contributed by atoms with Gasteiger partial charge in [0.2, 0.25) is 5.78 Å². The van der Waals surface area contributed by atoms with Crippen molar-refractivity contribution in [2.45, 2.75) is 38.8 Å². The monoisotopic (exact) mass is 336 g/mol. The van der Waals surface area contributed by atoms with E-state index in [2.05, 4.69) is 5.10 Å². The molecule has 3 rings (SSSR count). The number of carbonyl (C=O) groups is 1. The first-order chi connectivity index (χ1) is 11.5. The Balaban J connectivity index is 2.15. The van der Waals surface area contributed by atoms with Crippen LogP contribution in [0.25, 0.3) is 0 Å². The SMILES string of the molecule is CCn1[nH]cc(C(=O)c2cc(F)c3c(c2F)C(OC)CCC3)c1=O. The maximum absolute atomic E-state index is 14.9. The summed E-state index contributed by atoms with van der Waals surface area (Å²) in [5.74, 6) is -2.27. The number of hydrogen-bond donors (Lipinski definition) is 1. The van der Waals surface area contributed by atoms with Crippen LogP contribution >= 0.6 is 0 Å². The van der Waals surface area contributed by atoms with E-state index in [4.69, 9.17) is 4.74 Å². The third kappa shape index (κ3) is 2.49. The first kappa shape index (κ1) is 16.6. The average Bonchev–Trinajstić information content (AvgIpc) is 2.97. The number of ether oxygens (including phenoxy) is 1. The van der Waals surface area contributed by atoms with Crippen molar-refractivity contribution < 1.29 is 18.3 Å². The predicted molar refractivity (Wildman–Crippen MR) is 83.2 cm³/mol. The van der Waals surface area contributed by atoms with Crippen LogP contribution in [0.15, 0.2) is 17.1 Å². The van der Waals surface area contributed by atoms with Crippen molar-refractivity contribution >= 4 is 5.78 Å². The smallest absolute Gasteiger partial charge is 0.277 e.